The first-order valence-corrected chi connectivity index (χ1v) is 5.06. The van der Waals surface area contributed by atoms with Crippen molar-refractivity contribution in [3.63, 3.8) is 0 Å². The summed E-state index contributed by atoms with van der Waals surface area (Å²) in [5.41, 5.74) is 0.660. The highest BCUT2D eigenvalue weighted by molar-refractivity contribution is 5.86. The van der Waals surface area contributed by atoms with Crippen LogP contribution in [0.3, 0.4) is 0 Å². The minimum Gasteiger partial charge on any atom is -0.299 e. The van der Waals surface area contributed by atoms with Crippen molar-refractivity contribution in [3.8, 4) is 0 Å². The highest BCUT2D eigenvalue weighted by Gasteiger charge is 2.61. The van der Waals surface area contributed by atoms with Crippen LogP contribution in [0.4, 0.5) is 0 Å². The van der Waals surface area contributed by atoms with Gasteiger partial charge in [0.1, 0.15) is 5.78 Å². The van der Waals surface area contributed by atoms with Crippen LogP contribution in [0.25, 0.3) is 0 Å². The molecule has 1 nitrogen and oxygen atoms in total. The summed E-state index contributed by atoms with van der Waals surface area (Å²) in [7, 11) is 0. The van der Waals surface area contributed by atoms with Gasteiger partial charge >= 0.3 is 0 Å². The van der Waals surface area contributed by atoms with E-state index in [0.717, 1.165) is 12.8 Å². The fraction of sp³-hybridized carbons (Fsp3) is 0.909. The molecule has 2 aliphatic rings. The predicted octanol–water partition coefficient (Wildman–Crippen LogP) is 2.79. The number of carbonyl (C=O) groups is 1. The maximum absolute atomic E-state index is 11.6. The molecule has 0 amide bonds. The van der Waals surface area contributed by atoms with E-state index in [9.17, 15) is 4.79 Å². The molecule has 0 aromatic heterocycles. The second-order valence-corrected chi connectivity index (χ2v) is 5.09. The van der Waals surface area contributed by atoms with E-state index in [4.69, 9.17) is 0 Å². The van der Waals surface area contributed by atoms with Crippen LogP contribution in [-0.4, -0.2) is 5.78 Å². The van der Waals surface area contributed by atoms with E-state index in [1.165, 1.54) is 12.8 Å². The van der Waals surface area contributed by atoms with Crippen LogP contribution in [0.2, 0.25) is 0 Å². The molecule has 0 radical (unpaired) electrons. The third-order valence-corrected chi connectivity index (χ3v) is 4.73. The van der Waals surface area contributed by atoms with Gasteiger partial charge in [0, 0.05) is 12.3 Å². The molecule has 0 aliphatic heterocycles. The van der Waals surface area contributed by atoms with Gasteiger partial charge in [0.15, 0.2) is 0 Å². The summed E-state index contributed by atoms with van der Waals surface area (Å²) >= 11 is 0. The largest absolute Gasteiger partial charge is 0.299 e. The van der Waals surface area contributed by atoms with Gasteiger partial charge in [-0.05, 0) is 30.1 Å². The highest BCUT2D eigenvalue weighted by atomic mass is 16.1. The number of Topliss-reactive ketones (excluding diaryl/α,β-unsaturated/α-hetero) is 1. The fourth-order valence-corrected chi connectivity index (χ4v) is 3.57. The molecule has 0 N–H and O–H groups in total. The molecule has 12 heavy (non-hydrogen) atoms. The molecule has 2 aliphatic carbocycles. The average Bonchev–Trinajstić information content (AvgIpc) is 2.35. The fourth-order valence-electron chi connectivity index (χ4n) is 3.57. The van der Waals surface area contributed by atoms with Gasteiger partial charge in [0.25, 0.3) is 0 Å². The van der Waals surface area contributed by atoms with Crippen LogP contribution in [0.15, 0.2) is 0 Å². The van der Waals surface area contributed by atoms with Gasteiger partial charge in [-0.25, -0.2) is 0 Å². The lowest BCUT2D eigenvalue weighted by Crippen LogP contribution is -2.29. The topological polar surface area (TPSA) is 17.1 Å². The van der Waals surface area contributed by atoms with Crippen molar-refractivity contribution in [2.45, 2.75) is 46.5 Å². The van der Waals surface area contributed by atoms with E-state index >= 15 is 0 Å². The summed E-state index contributed by atoms with van der Waals surface area (Å²) < 4.78 is 0. The molecule has 0 spiro atoms. The molecule has 0 aromatic carbocycles. The summed E-state index contributed by atoms with van der Waals surface area (Å²) in [6.07, 6.45) is 4.48. The molecular weight excluding hydrogens is 148 g/mol. The third kappa shape index (κ3) is 0.681. The molecular formula is C11H18O. The molecule has 2 saturated carbocycles. The molecule has 2 fully saturated rings. The van der Waals surface area contributed by atoms with Crippen LogP contribution >= 0.6 is 0 Å². The molecule has 0 heterocycles. The maximum Gasteiger partial charge on any atom is 0.137 e. The minimum atomic E-state index is 0.291. The van der Waals surface area contributed by atoms with Gasteiger partial charge in [-0.3, -0.25) is 4.79 Å². The molecule has 2 rings (SSSR count). The molecule has 1 heteroatoms. The Kier molecular flexibility index (Phi) is 1.47. The Bertz CT molecular complexity index is 229. The zero-order valence-corrected chi connectivity index (χ0v) is 8.31. The minimum absolute atomic E-state index is 0.291. The van der Waals surface area contributed by atoms with E-state index in [2.05, 4.69) is 20.8 Å². The SMILES string of the molecule is CCC12CCC(C(=O)C1)C2(C)C. The zero-order chi connectivity index (χ0) is 8.98. The first-order valence-electron chi connectivity index (χ1n) is 5.06. The van der Waals surface area contributed by atoms with E-state index in [1.54, 1.807) is 0 Å². The van der Waals surface area contributed by atoms with Gasteiger partial charge in [-0.1, -0.05) is 20.8 Å². The number of hydrogen-bond donors (Lipinski definition) is 0. The highest BCUT2D eigenvalue weighted by Crippen LogP contribution is 2.65. The van der Waals surface area contributed by atoms with Crippen molar-refractivity contribution in [1.82, 2.24) is 0 Å². The Morgan fingerprint density at radius 2 is 2.17 bits per heavy atom. The van der Waals surface area contributed by atoms with E-state index in [1.807, 2.05) is 0 Å². The van der Waals surface area contributed by atoms with E-state index in [-0.39, 0.29) is 0 Å². The number of ketones is 1. The monoisotopic (exact) mass is 166 g/mol. The first kappa shape index (κ1) is 8.28. The lowest BCUT2D eigenvalue weighted by molar-refractivity contribution is -0.122. The normalized spacial score (nSPS) is 43.9. The van der Waals surface area contributed by atoms with Crippen LogP contribution < -0.4 is 0 Å². The van der Waals surface area contributed by atoms with Crippen molar-refractivity contribution in [2.75, 3.05) is 0 Å². The van der Waals surface area contributed by atoms with Gasteiger partial charge in [0.2, 0.25) is 0 Å². The van der Waals surface area contributed by atoms with Crippen LogP contribution in [0, 0.1) is 16.7 Å². The molecule has 0 saturated heterocycles. The first-order chi connectivity index (χ1) is 5.53. The summed E-state index contributed by atoms with van der Waals surface area (Å²) in [5, 5.41) is 0. The Labute approximate surface area is 74.5 Å². The summed E-state index contributed by atoms with van der Waals surface area (Å²) in [4.78, 5) is 11.6. The number of rotatable bonds is 1. The zero-order valence-electron chi connectivity index (χ0n) is 8.31. The second-order valence-electron chi connectivity index (χ2n) is 5.09. The van der Waals surface area contributed by atoms with Gasteiger partial charge in [0.05, 0.1) is 0 Å². The van der Waals surface area contributed by atoms with Crippen LogP contribution in [0.1, 0.15) is 46.5 Å². The Hall–Kier alpha value is -0.330. The number of hydrogen-bond acceptors (Lipinski definition) is 1. The number of carbonyl (C=O) groups excluding carboxylic acids is 1. The summed E-state index contributed by atoms with van der Waals surface area (Å²) in [5.74, 6) is 0.922. The molecule has 2 bridgehead atoms. The van der Waals surface area contributed by atoms with Gasteiger partial charge in [-0.2, -0.15) is 0 Å². The Morgan fingerprint density at radius 1 is 1.50 bits per heavy atom. The molecule has 2 unspecified atom stereocenters. The molecule has 2 atom stereocenters. The third-order valence-electron chi connectivity index (χ3n) is 4.73. The van der Waals surface area contributed by atoms with Gasteiger partial charge < -0.3 is 0 Å². The lowest BCUT2D eigenvalue weighted by atomic mass is 9.68. The standard InChI is InChI=1S/C11H18O/c1-4-11-6-5-8(9(12)7-11)10(11,2)3/h8H,4-7H2,1-3H3. The summed E-state index contributed by atoms with van der Waals surface area (Å²) in [6.45, 7) is 6.82. The van der Waals surface area contributed by atoms with Crippen molar-refractivity contribution in [2.24, 2.45) is 16.7 Å². The second kappa shape index (κ2) is 2.12. The van der Waals surface area contributed by atoms with E-state index in [0.29, 0.717) is 22.5 Å². The van der Waals surface area contributed by atoms with E-state index < -0.39 is 0 Å². The molecule has 68 valence electrons. The maximum atomic E-state index is 11.6. The van der Waals surface area contributed by atoms with Crippen LogP contribution in [0.5, 0.6) is 0 Å². The van der Waals surface area contributed by atoms with Crippen molar-refractivity contribution in [1.29, 1.82) is 0 Å². The van der Waals surface area contributed by atoms with Crippen molar-refractivity contribution < 1.29 is 4.79 Å². The molecule has 0 aromatic rings. The Balaban J connectivity index is 2.42. The van der Waals surface area contributed by atoms with Crippen molar-refractivity contribution >= 4 is 5.78 Å². The average molecular weight is 166 g/mol. The van der Waals surface area contributed by atoms with Crippen molar-refractivity contribution in [3.05, 3.63) is 0 Å². The van der Waals surface area contributed by atoms with Crippen LogP contribution in [-0.2, 0) is 4.79 Å². The van der Waals surface area contributed by atoms with Gasteiger partial charge in [-0.15, -0.1) is 0 Å². The smallest absolute Gasteiger partial charge is 0.137 e. The predicted molar refractivity (Wildman–Crippen MR) is 48.9 cm³/mol. The quantitative estimate of drug-likeness (QED) is 0.585. The summed E-state index contributed by atoms with van der Waals surface area (Å²) in [6, 6.07) is 0. The Morgan fingerprint density at radius 3 is 2.42 bits per heavy atom. The lowest BCUT2D eigenvalue weighted by Gasteiger charge is -2.36. The number of fused-ring (bicyclic) bond motifs is 2.